The third-order valence-electron chi connectivity index (χ3n) is 2.81. The molecule has 90 valence electrons. The molecule has 0 saturated carbocycles. The van der Waals surface area contributed by atoms with Crippen LogP contribution in [0, 0.1) is 0 Å². The molecule has 0 aliphatic rings. The second kappa shape index (κ2) is 5.52. The summed E-state index contributed by atoms with van der Waals surface area (Å²) in [5.41, 5.74) is 1.20. The van der Waals surface area contributed by atoms with Gasteiger partial charge in [-0.05, 0) is 36.9 Å². The third kappa shape index (κ3) is 2.79. The second-order valence-corrected chi connectivity index (χ2v) is 4.85. The number of benzene rings is 1. The zero-order chi connectivity index (χ0) is 12.3. The topological polar surface area (TPSA) is 25.2 Å². The summed E-state index contributed by atoms with van der Waals surface area (Å²) < 4.78 is 6.88. The largest absolute Gasteiger partial charge is 0.464 e. The number of rotatable bonds is 4. The average Bonchev–Trinajstić information content (AvgIpc) is 2.81. The van der Waals surface area contributed by atoms with Crippen molar-refractivity contribution < 1.29 is 4.42 Å². The van der Waals surface area contributed by atoms with Crippen molar-refractivity contribution in [3.8, 4) is 0 Å². The molecule has 3 heteroatoms. The first-order chi connectivity index (χ1) is 8.24. The Morgan fingerprint density at radius 3 is 2.41 bits per heavy atom. The van der Waals surface area contributed by atoms with Crippen molar-refractivity contribution in [3.05, 3.63) is 58.0 Å². The van der Waals surface area contributed by atoms with Gasteiger partial charge in [0.15, 0.2) is 0 Å². The highest BCUT2D eigenvalue weighted by molar-refractivity contribution is 9.10. The van der Waals surface area contributed by atoms with Crippen LogP contribution in [0.2, 0.25) is 0 Å². The number of aryl methyl sites for hydroxylation is 1. The maximum absolute atomic E-state index is 5.80. The number of halogens is 1. The molecule has 1 N–H and O–H groups in total. The minimum Gasteiger partial charge on any atom is -0.464 e. The Balaban J connectivity index is 2.29. The van der Waals surface area contributed by atoms with E-state index < -0.39 is 0 Å². The van der Waals surface area contributed by atoms with Crippen molar-refractivity contribution in [1.29, 1.82) is 0 Å². The first-order valence-corrected chi connectivity index (χ1v) is 6.55. The van der Waals surface area contributed by atoms with Gasteiger partial charge < -0.3 is 9.73 Å². The minimum absolute atomic E-state index is 0.114. The Bertz CT molecular complexity index is 475. The van der Waals surface area contributed by atoms with Crippen molar-refractivity contribution in [3.63, 3.8) is 0 Å². The second-order valence-electron chi connectivity index (χ2n) is 3.93. The zero-order valence-electron chi connectivity index (χ0n) is 10.0. The van der Waals surface area contributed by atoms with Crippen LogP contribution in [0.25, 0.3) is 0 Å². The molecule has 1 aromatic heterocycles. The quantitative estimate of drug-likeness (QED) is 0.924. The van der Waals surface area contributed by atoms with E-state index in [0.29, 0.717) is 0 Å². The fourth-order valence-electron chi connectivity index (χ4n) is 1.87. The fraction of sp³-hybridized carbons (Fsp3) is 0.286. The predicted octanol–water partition coefficient (Wildman–Crippen LogP) is 3.91. The van der Waals surface area contributed by atoms with E-state index in [4.69, 9.17) is 4.42 Å². The van der Waals surface area contributed by atoms with Crippen LogP contribution in [0.4, 0.5) is 0 Å². The Morgan fingerprint density at radius 2 is 1.88 bits per heavy atom. The van der Waals surface area contributed by atoms with Gasteiger partial charge in [-0.3, -0.25) is 0 Å². The van der Waals surface area contributed by atoms with Gasteiger partial charge in [0, 0.05) is 10.9 Å². The summed E-state index contributed by atoms with van der Waals surface area (Å²) in [6.07, 6.45) is 0.927. The maximum atomic E-state index is 5.80. The summed E-state index contributed by atoms with van der Waals surface area (Å²) in [5.74, 6) is 1.99. The first kappa shape index (κ1) is 12.4. The van der Waals surface area contributed by atoms with Crippen LogP contribution in [-0.4, -0.2) is 7.05 Å². The molecule has 1 aromatic carbocycles. The lowest BCUT2D eigenvalue weighted by molar-refractivity contribution is 0.434. The van der Waals surface area contributed by atoms with Crippen LogP contribution < -0.4 is 5.32 Å². The van der Waals surface area contributed by atoms with Crippen LogP contribution in [-0.2, 0) is 6.42 Å². The molecule has 0 aliphatic carbocycles. The molecular weight excluding hydrogens is 278 g/mol. The predicted molar refractivity (Wildman–Crippen MR) is 73.1 cm³/mol. The molecule has 0 fully saturated rings. The first-order valence-electron chi connectivity index (χ1n) is 5.76. The molecule has 0 aliphatic heterocycles. The molecule has 0 amide bonds. The summed E-state index contributed by atoms with van der Waals surface area (Å²) in [6, 6.07) is 12.5. The van der Waals surface area contributed by atoms with Crippen molar-refractivity contribution in [2.75, 3.05) is 7.05 Å². The van der Waals surface area contributed by atoms with Crippen LogP contribution >= 0.6 is 15.9 Å². The van der Waals surface area contributed by atoms with E-state index in [-0.39, 0.29) is 6.04 Å². The van der Waals surface area contributed by atoms with E-state index in [2.05, 4.69) is 40.3 Å². The molecule has 2 nitrogen and oxygen atoms in total. The maximum Gasteiger partial charge on any atom is 0.125 e. The van der Waals surface area contributed by atoms with Crippen LogP contribution in [0.3, 0.4) is 0 Å². The third-order valence-corrected chi connectivity index (χ3v) is 3.34. The summed E-state index contributed by atoms with van der Waals surface area (Å²) in [7, 11) is 1.95. The standard InChI is InChI=1S/C14H16BrNO/c1-3-12-8-9-13(17-12)14(16-2)10-4-6-11(15)7-5-10/h4-9,14,16H,3H2,1-2H3. The molecule has 1 unspecified atom stereocenters. The molecule has 1 atom stereocenters. The molecule has 2 aromatic rings. The zero-order valence-corrected chi connectivity index (χ0v) is 11.6. The van der Waals surface area contributed by atoms with Gasteiger partial charge in [0.05, 0.1) is 6.04 Å². The summed E-state index contributed by atoms with van der Waals surface area (Å²) in [5, 5.41) is 3.28. The number of furan rings is 1. The summed E-state index contributed by atoms with van der Waals surface area (Å²) in [6.45, 7) is 2.09. The molecule has 0 spiro atoms. The number of hydrogen-bond donors (Lipinski definition) is 1. The van der Waals surface area contributed by atoms with Crippen molar-refractivity contribution in [1.82, 2.24) is 5.32 Å². The molecular formula is C14H16BrNO. The number of nitrogens with one attached hydrogen (secondary N) is 1. The smallest absolute Gasteiger partial charge is 0.125 e. The Kier molecular flexibility index (Phi) is 4.02. The van der Waals surface area contributed by atoms with Gasteiger partial charge in [0.2, 0.25) is 0 Å². The minimum atomic E-state index is 0.114. The number of hydrogen-bond acceptors (Lipinski definition) is 2. The molecule has 0 radical (unpaired) electrons. The van der Waals surface area contributed by atoms with Gasteiger partial charge in [0.25, 0.3) is 0 Å². The Labute approximate surface area is 110 Å². The van der Waals surface area contributed by atoms with Crippen LogP contribution in [0.1, 0.15) is 30.0 Å². The molecule has 17 heavy (non-hydrogen) atoms. The van der Waals surface area contributed by atoms with Gasteiger partial charge in [0.1, 0.15) is 11.5 Å². The Hall–Kier alpha value is -1.06. The van der Waals surface area contributed by atoms with Crippen molar-refractivity contribution in [2.45, 2.75) is 19.4 Å². The molecule has 1 heterocycles. The van der Waals surface area contributed by atoms with Gasteiger partial charge in [-0.15, -0.1) is 0 Å². The summed E-state index contributed by atoms with van der Waals surface area (Å²) >= 11 is 3.44. The van der Waals surface area contributed by atoms with Gasteiger partial charge in [-0.25, -0.2) is 0 Å². The average molecular weight is 294 g/mol. The van der Waals surface area contributed by atoms with E-state index in [1.807, 2.05) is 31.3 Å². The molecule has 2 rings (SSSR count). The fourth-order valence-corrected chi connectivity index (χ4v) is 2.13. The van der Waals surface area contributed by atoms with Crippen molar-refractivity contribution in [2.24, 2.45) is 0 Å². The van der Waals surface area contributed by atoms with E-state index in [9.17, 15) is 0 Å². The highest BCUT2D eigenvalue weighted by Gasteiger charge is 2.15. The lowest BCUT2D eigenvalue weighted by atomic mass is 10.1. The highest BCUT2D eigenvalue weighted by atomic mass is 79.9. The highest BCUT2D eigenvalue weighted by Crippen LogP contribution is 2.25. The van der Waals surface area contributed by atoms with Crippen LogP contribution in [0.5, 0.6) is 0 Å². The van der Waals surface area contributed by atoms with Gasteiger partial charge in [-0.1, -0.05) is 35.0 Å². The molecule has 0 saturated heterocycles. The van der Waals surface area contributed by atoms with Gasteiger partial charge >= 0.3 is 0 Å². The van der Waals surface area contributed by atoms with E-state index in [1.54, 1.807) is 0 Å². The monoisotopic (exact) mass is 293 g/mol. The molecule has 0 bridgehead atoms. The lowest BCUT2D eigenvalue weighted by Gasteiger charge is -2.14. The van der Waals surface area contributed by atoms with E-state index in [1.165, 1.54) is 5.56 Å². The Morgan fingerprint density at radius 1 is 1.18 bits per heavy atom. The summed E-state index contributed by atoms with van der Waals surface area (Å²) in [4.78, 5) is 0. The van der Waals surface area contributed by atoms with E-state index >= 15 is 0 Å². The SMILES string of the molecule is CCc1ccc(C(NC)c2ccc(Br)cc2)o1. The van der Waals surface area contributed by atoms with Gasteiger partial charge in [-0.2, -0.15) is 0 Å². The lowest BCUT2D eigenvalue weighted by Crippen LogP contribution is -2.16. The van der Waals surface area contributed by atoms with E-state index in [0.717, 1.165) is 22.4 Å². The normalized spacial score (nSPS) is 12.6. The van der Waals surface area contributed by atoms with Crippen LogP contribution in [0.15, 0.2) is 45.3 Å². The van der Waals surface area contributed by atoms with Crippen molar-refractivity contribution >= 4 is 15.9 Å².